The highest BCUT2D eigenvalue weighted by Gasteiger charge is 2.35. The predicted octanol–water partition coefficient (Wildman–Crippen LogP) is 4.25. The minimum absolute atomic E-state index is 0.0670. The Morgan fingerprint density at radius 1 is 0.962 bits per heavy atom. The van der Waals surface area contributed by atoms with Crippen LogP contribution in [0.1, 0.15) is 17.5 Å². The topological polar surface area (TPSA) is 12.5 Å². The van der Waals surface area contributed by atoms with Crippen LogP contribution < -0.4 is 0 Å². The van der Waals surface area contributed by atoms with Crippen molar-refractivity contribution >= 4 is 0 Å². The zero-order chi connectivity index (χ0) is 18.1. The van der Waals surface area contributed by atoms with Crippen LogP contribution in [0.25, 0.3) is 0 Å². The van der Waals surface area contributed by atoms with E-state index in [2.05, 4.69) is 17.0 Å². The van der Waals surface area contributed by atoms with Crippen LogP contribution in [0.5, 0.6) is 0 Å². The lowest BCUT2D eigenvalue weighted by Crippen LogP contribution is -2.53. The van der Waals surface area contributed by atoms with Crippen LogP contribution >= 0.6 is 0 Å². The van der Waals surface area contributed by atoms with E-state index < -0.39 is 17.5 Å². The number of nitrogens with zero attached hydrogens (tertiary/aromatic N) is 1. The number of halogens is 3. The van der Waals surface area contributed by atoms with E-state index in [1.807, 2.05) is 24.3 Å². The molecule has 1 fully saturated rings. The van der Waals surface area contributed by atoms with Crippen molar-refractivity contribution < 1.29 is 17.9 Å². The third-order valence-electron chi connectivity index (χ3n) is 5.17. The first kappa shape index (κ1) is 17.3. The van der Waals surface area contributed by atoms with E-state index in [1.54, 1.807) is 0 Å². The lowest BCUT2D eigenvalue weighted by Gasteiger charge is -2.45. The van der Waals surface area contributed by atoms with E-state index in [4.69, 9.17) is 4.74 Å². The summed E-state index contributed by atoms with van der Waals surface area (Å²) in [7, 11) is 0. The van der Waals surface area contributed by atoms with E-state index >= 15 is 0 Å². The lowest BCUT2D eigenvalue weighted by molar-refractivity contribution is -0.0440. The van der Waals surface area contributed by atoms with Crippen molar-refractivity contribution in [3.8, 4) is 0 Å². The van der Waals surface area contributed by atoms with E-state index in [9.17, 15) is 13.2 Å². The number of hydrogen-bond donors (Lipinski definition) is 0. The normalized spacial score (nSPS) is 23.0. The van der Waals surface area contributed by atoms with Crippen LogP contribution in [0, 0.1) is 17.5 Å². The Morgan fingerprint density at radius 2 is 1.73 bits per heavy atom. The Hall–Kier alpha value is -2.11. The van der Waals surface area contributed by atoms with Gasteiger partial charge in [0.1, 0.15) is 5.82 Å². The van der Waals surface area contributed by atoms with Gasteiger partial charge in [0, 0.05) is 18.2 Å². The standard InChI is InChI=1S/C21H20F3NO/c22-19-6-7-20(23)21(24)18(19)10-15-8-16-12-26-13-17(9-15)25(16)11-14-4-2-1-3-5-14/h1-8,16-17H,9-13H2. The van der Waals surface area contributed by atoms with E-state index in [1.165, 1.54) is 5.56 Å². The van der Waals surface area contributed by atoms with E-state index in [-0.39, 0.29) is 24.1 Å². The van der Waals surface area contributed by atoms with Crippen molar-refractivity contribution in [2.45, 2.75) is 31.5 Å². The average molecular weight is 359 g/mol. The Kier molecular flexibility index (Phi) is 4.83. The molecule has 0 radical (unpaired) electrons. The fourth-order valence-electron chi connectivity index (χ4n) is 3.88. The largest absolute Gasteiger partial charge is 0.378 e. The molecule has 2 atom stereocenters. The van der Waals surface area contributed by atoms with Crippen molar-refractivity contribution in [3.63, 3.8) is 0 Å². The molecule has 0 amide bonds. The number of hydrogen-bond acceptors (Lipinski definition) is 2. The van der Waals surface area contributed by atoms with Crippen LogP contribution in [-0.4, -0.2) is 30.2 Å². The predicted molar refractivity (Wildman–Crippen MR) is 93.1 cm³/mol. The summed E-state index contributed by atoms with van der Waals surface area (Å²) in [5.74, 6) is -2.79. The molecule has 0 spiro atoms. The Bertz CT molecular complexity index is 822. The molecule has 0 N–H and O–H groups in total. The van der Waals surface area contributed by atoms with Crippen molar-refractivity contribution in [1.82, 2.24) is 4.90 Å². The summed E-state index contributed by atoms with van der Waals surface area (Å²) in [6, 6.07) is 12.2. The van der Waals surface area contributed by atoms with Crippen molar-refractivity contribution in [1.29, 1.82) is 0 Å². The molecule has 2 aliphatic rings. The first-order valence-corrected chi connectivity index (χ1v) is 8.81. The second-order valence-corrected chi connectivity index (χ2v) is 6.94. The fraction of sp³-hybridized carbons (Fsp3) is 0.333. The molecular weight excluding hydrogens is 339 g/mol. The SMILES string of the molecule is Fc1ccc(F)c(CC2=CC3COCC(C2)N3Cc2ccccc2)c1F. The molecule has 2 aliphatic heterocycles. The number of fused-ring (bicyclic) bond motifs is 2. The van der Waals surface area contributed by atoms with Crippen LogP contribution in [0.2, 0.25) is 0 Å². The van der Waals surface area contributed by atoms with Crippen molar-refractivity contribution in [2.75, 3.05) is 13.2 Å². The van der Waals surface area contributed by atoms with Gasteiger partial charge in [-0.15, -0.1) is 0 Å². The summed E-state index contributed by atoms with van der Waals surface area (Å²) >= 11 is 0. The molecule has 1 saturated heterocycles. The second-order valence-electron chi connectivity index (χ2n) is 6.94. The van der Waals surface area contributed by atoms with Gasteiger partial charge < -0.3 is 4.74 Å². The highest BCUT2D eigenvalue weighted by molar-refractivity contribution is 5.29. The quantitative estimate of drug-likeness (QED) is 0.598. The summed E-state index contributed by atoms with van der Waals surface area (Å²) in [6.45, 7) is 1.96. The van der Waals surface area contributed by atoms with Gasteiger partial charge in [0.05, 0.1) is 19.3 Å². The molecule has 0 saturated carbocycles. The van der Waals surface area contributed by atoms with Crippen LogP contribution in [0.3, 0.4) is 0 Å². The highest BCUT2D eigenvalue weighted by atomic mass is 19.2. The third-order valence-corrected chi connectivity index (χ3v) is 5.17. The minimum atomic E-state index is -1.08. The molecule has 2 unspecified atom stereocenters. The monoisotopic (exact) mass is 359 g/mol. The van der Waals surface area contributed by atoms with Gasteiger partial charge in [-0.2, -0.15) is 0 Å². The molecule has 2 heterocycles. The van der Waals surface area contributed by atoms with Crippen LogP contribution in [-0.2, 0) is 17.7 Å². The minimum Gasteiger partial charge on any atom is -0.378 e. The molecule has 136 valence electrons. The number of ether oxygens (including phenoxy) is 1. The number of morpholine rings is 1. The molecule has 2 aromatic rings. The summed E-state index contributed by atoms with van der Waals surface area (Å²) in [4.78, 5) is 2.38. The Labute approximate surface area is 150 Å². The Balaban J connectivity index is 1.56. The van der Waals surface area contributed by atoms with Crippen molar-refractivity contribution in [2.24, 2.45) is 0 Å². The molecule has 5 heteroatoms. The van der Waals surface area contributed by atoms with Gasteiger partial charge in [-0.3, -0.25) is 4.90 Å². The maximum Gasteiger partial charge on any atom is 0.165 e. The molecule has 2 aromatic carbocycles. The fourth-order valence-corrected chi connectivity index (χ4v) is 3.88. The summed E-state index contributed by atoms with van der Waals surface area (Å²) in [5.41, 5.74) is 1.98. The summed E-state index contributed by atoms with van der Waals surface area (Å²) < 4.78 is 47.1. The van der Waals surface area contributed by atoms with Gasteiger partial charge in [-0.25, -0.2) is 13.2 Å². The maximum atomic E-state index is 14.0. The molecular formula is C21H20F3NO. The summed E-state index contributed by atoms with van der Waals surface area (Å²) in [5, 5.41) is 0. The molecule has 0 aromatic heterocycles. The van der Waals surface area contributed by atoms with Crippen LogP contribution in [0.4, 0.5) is 13.2 Å². The van der Waals surface area contributed by atoms with E-state index in [0.29, 0.717) is 19.6 Å². The molecule has 26 heavy (non-hydrogen) atoms. The molecule has 2 bridgehead atoms. The van der Waals surface area contributed by atoms with Gasteiger partial charge in [-0.1, -0.05) is 42.0 Å². The lowest BCUT2D eigenvalue weighted by atomic mass is 9.89. The first-order chi connectivity index (χ1) is 12.6. The molecule has 0 aliphatic carbocycles. The summed E-state index contributed by atoms with van der Waals surface area (Å²) in [6.07, 6.45) is 2.79. The second kappa shape index (κ2) is 7.25. The maximum absolute atomic E-state index is 14.0. The highest BCUT2D eigenvalue weighted by Crippen LogP contribution is 2.31. The van der Waals surface area contributed by atoms with Crippen LogP contribution in [0.15, 0.2) is 54.1 Å². The van der Waals surface area contributed by atoms with Crippen molar-refractivity contribution in [3.05, 3.63) is 82.7 Å². The first-order valence-electron chi connectivity index (χ1n) is 8.81. The third kappa shape index (κ3) is 3.41. The van der Waals surface area contributed by atoms with Gasteiger partial charge in [0.25, 0.3) is 0 Å². The molecule has 2 nitrogen and oxygen atoms in total. The van der Waals surface area contributed by atoms with Gasteiger partial charge in [0.15, 0.2) is 11.6 Å². The molecule has 4 rings (SSSR count). The average Bonchev–Trinajstić information content (AvgIpc) is 2.63. The Morgan fingerprint density at radius 3 is 2.50 bits per heavy atom. The van der Waals surface area contributed by atoms with Gasteiger partial charge in [0.2, 0.25) is 0 Å². The number of rotatable bonds is 4. The van der Waals surface area contributed by atoms with E-state index in [0.717, 1.165) is 24.3 Å². The number of benzene rings is 2. The smallest absolute Gasteiger partial charge is 0.165 e. The zero-order valence-electron chi connectivity index (χ0n) is 14.3. The van der Waals surface area contributed by atoms with Gasteiger partial charge >= 0.3 is 0 Å². The van der Waals surface area contributed by atoms with Gasteiger partial charge in [-0.05, 0) is 30.5 Å². The zero-order valence-corrected chi connectivity index (χ0v) is 14.3.